The first-order valence-corrected chi connectivity index (χ1v) is 7.14. The lowest BCUT2D eigenvalue weighted by Crippen LogP contribution is -2.45. The van der Waals surface area contributed by atoms with E-state index in [4.69, 9.17) is 12.2 Å². The SMILES string of the molecule is CN1C(=O)C(=O)N(CN2C(=O)C(=O)N(c3ccccc3)C2=O)C1=S. The van der Waals surface area contributed by atoms with Gasteiger partial charge < -0.3 is 0 Å². The maximum Gasteiger partial charge on any atom is 0.340 e. The lowest BCUT2D eigenvalue weighted by Gasteiger charge is -2.21. The third kappa shape index (κ3) is 2.15. The Hall–Kier alpha value is -3.14. The Morgan fingerprint density at radius 1 is 0.833 bits per heavy atom. The van der Waals surface area contributed by atoms with Gasteiger partial charge in [0.1, 0.15) is 6.67 Å². The summed E-state index contributed by atoms with van der Waals surface area (Å²) in [6, 6.07) is 6.99. The number of anilines is 1. The van der Waals surface area contributed by atoms with Gasteiger partial charge in [-0.1, -0.05) is 18.2 Å². The van der Waals surface area contributed by atoms with E-state index in [1.54, 1.807) is 18.2 Å². The second-order valence-electron chi connectivity index (χ2n) is 5.01. The van der Waals surface area contributed by atoms with Crippen LogP contribution in [0.5, 0.6) is 0 Å². The molecule has 0 aliphatic carbocycles. The van der Waals surface area contributed by atoms with Gasteiger partial charge >= 0.3 is 29.7 Å². The van der Waals surface area contributed by atoms with Crippen molar-refractivity contribution in [3.63, 3.8) is 0 Å². The van der Waals surface area contributed by atoms with E-state index < -0.39 is 36.3 Å². The second kappa shape index (κ2) is 5.49. The Morgan fingerprint density at radius 2 is 1.42 bits per heavy atom. The molecular formula is C14H10N4O5S. The summed E-state index contributed by atoms with van der Waals surface area (Å²) in [6.45, 7) is -0.597. The molecule has 1 aromatic carbocycles. The van der Waals surface area contributed by atoms with Crippen LogP contribution in [0.15, 0.2) is 30.3 Å². The first-order valence-electron chi connectivity index (χ1n) is 6.73. The molecule has 2 heterocycles. The van der Waals surface area contributed by atoms with Gasteiger partial charge in [-0.2, -0.15) is 0 Å². The molecule has 0 aromatic heterocycles. The molecule has 6 amide bonds. The van der Waals surface area contributed by atoms with Crippen LogP contribution in [0.1, 0.15) is 0 Å². The number of thiocarbonyl (C=S) groups is 1. The summed E-state index contributed by atoms with van der Waals surface area (Å²) in [6.07, 6.45) is 0. The summed E-state index contributed by atoms with van der Waals surface area (Å²) in [5.74, 6) is -3.97. The van der Waals surface area contributed by atoms with Gasteiger partial charge in [0.05, 0.1) is 5.69 Å². The van der Waals surface area contributed by atoms with E-state index in [-0.39, 0.29) is 10.8 Å². The maximum atomic E-state index is 12.4. The summed E-state index contributed by atoms with van der Waals surface area (Å²) in [7, 11) is 1.30. The number of hydrogen-bond acceptors (Lipinski definition) is 6. The molecular weight excluding hydrogens is 336 g/mol. The molecule has 0 spiro atoms. The standard InChI is InChI=1S/C14H10N4O5S/c1-15-9(19)10(20)17(14(15)24)7-16-11(21)12(22)18(13(16)23)8-5-3-2-4-6-8/h2-6H,7H2,1H3. The van der Waals surface area contributed by atoms with E-state index in [0.29, 0.717) is 9.80 Å². The number of hydrogen-bond donors (Lipinski definition) is 0. The number of rotatable bonds is 3. The predicted octanol–water partition coefficient (Wildman–Crippen LogP) is -0.475. The van der Waals surface area contributed by atoms with Crippen molar-refractivity contribution >= 4 is 52.7 Å². The average Bonchev–Trinajstić information content (AvgIpc) is 2.90. The van der Waals surface area contributed by atoms with E-state index in [1.165, 1.54) is 19.2 Å². The van der Waals surface area contributed by atoms with Crippen molar-refractivity contribution in [1.29, 1.82) is 0 Å². The van der Waals surface area contributed by atoms with Crippen LogP contribution in [-0.2, 0) is 19.2 Å². The highest BCUT2D eigenvalue weighted by atomic mass is 32.1. The van der Waals surface area contributed by atoms with Crippen molar-refractivity contribution in [2.24, 2.45) is 0 Å². The lowest BCUT2D eigenvalue weighted by atomic mass is 10.3. The summed E-state index contributed by atoms with van der Waals surface area (Å²) in [4.78, 5) is 63.1. The zero-order chi connectivity index (χ0) is 17.6. The number of likely N-dealkylation sites (N-methyl/N-ethyl adjacent to an activating group) is 1. The maximum absolute atomic E-state index is 12.4. The molecule has 0 N–H and O–H groups in total. The van der Waals surface area contributed by atoms with E-state index in [1.807, 2.05) is 0 Å². The van der Waals surface area contributed by atoms with Gasteiger partial charge in [-0.25, -0.2) is 14.6 Å². The zero-order valence-electron chi connectivity index (χ0n) is 12.3. The van der Waals surface area contributed by atoms with Crippen LogP contribution in [0.4, 0.5) is 10.5 Å². The van der Waals surface area contributed by atoms with Crippen LogP contribution >= 0.6 is 12.2 Å². The minimum absolute atomic E-state index is 0.142. The minimum atomic E-state index is -1.10. The molecule has 0 bridgehead atoms. The Kier molecular flexibility index (Phi) is 3.60. The Morgan fingerprint density at radius 3 is 1.96 bits per heavy atom. The lowest BCUT2D eigenvalue weighted by molar-refractivity contribution is -0.145. The highest BCUT2D eigenvalue weighted by Crippen LogP contribution is 2.23. The molecule has 0 atom stereocenters. The van der Waals surface area contributed by atoms with Crippen LogP contribution in [-0.4, -0.2) is 63.2 Å². The number of nitrogens with zero attached hydrogens (tertiary/aromatic N) is 4. The first-order chi connectivity index (χ1) is 11.3. The van der Waals surface area contributed by atoms with Crippen molar-refractivity contribution in [2.45, 2.75) is 0 Å². The molecule has 2 aliphatic heterocycles. The van der Waals surface area contributed by atoms with E-state index in [2.05, 4.69) is 0 Å². The van der Waals surface area contributed by atoms with Gasteiger partial charge in [0, 0.05) is 7.05 Å². The molecule has 9 nitrogen and oxygen atoms in total. The molecule has 122 valence electrons. The number of imide groups is 2. The van der Waals surface area contributed by atoms with Crippen molar-refractivity contribution < 1.29 is 24.0 Å². The van der Waals surface area contributed by atoms with Gasteiger partial charge in [-0.05, 0) is 24.4 Å². The zero-order valence-corrected chi connectivity index (χ0v) is 13.1. The first kappa shape index (κ1) is 15.7. The van der Waals surface area contributed by atoms with Gasteiger partial charge in [-0.3, -0.25) is 29.0 Å². The van der Waals surface area contributed by atoms with Gasteiger partial charge in [0.15, 0.2) is 5.11 Å². The fourth-order valence-corrected chi connectivity index (χ4v) is 2.54. The Labute approximate surface area is 141 Å². The van der Waals surface area contributed by atoms with Crippen molar-refractivity contribution in [1.82, 2.24) is 14.7 Å². The Balaban J connectivity index is 1.88. The number of benzene rings is 1. The van der Waals surface area contributed by atoms with Crippen LogP contribution < -0.4 is 4.90 Å². The molecule has 2 saturated heterocycles. The Bertz CT molecular complexity index is 809. The van der Waals surface area contributed by atoms with Crippen LogP contribution in [0, 0.1) is 0 Å². The highest BCUT2D eigenvalue weighted by molar-refractivity contribution is 7.80. The third-order valence-corrected chi connectivity index (χ3v) is 4.10. The van der Waals surface area contributed by atoms with Crippen molar-refractivity contribution in [3.05, 3.63) is 30.3 Å². The smallest absolute Gasteiger partial charge is 0.284 e. The van der Waals surface area contributed by atoms with Gasteiger partial charge in [-0.15, -0.1) is 0 Å². The molecule has 24 heavy (non-hydrogen) atoms. The molecule has 10 heteroatoms. The van der Waals surface area contributed by atoms with Crippen LogP contribution in [0.25, 0.3) is 0 Å². The molecule has 0 radical (unpaired) electrons. The van der Waals surface area contributed by atoms with E-state index in [0.717, 1.165) is 9.80 Å². The number of carbonyl (C=O) groups excluding carboxylic acids is 5. The summed E-state index contributed by atoms with van der Waals surface area (Å²) >= 11 is 4.94. The largest absolute Gasteiger partial charge is 0.340 e. The average molecular weight is 346 g/mol. The third-order valence-electron chi connectivity index (χ3n) is 3.60. The molecule has 2 aliphatic rings. The van der Waals surface area contributed by atoms with Gasteiger partial charge in [0.2, 0.25) is 0 Å². The van der Waals surface area contributed by atoms with Crippen LogP contribution in [0.3, 0.4) is 0 Å². The monoisotopic (exact) mass is 346 g/mol. The van der Waals surface area contributed by atoms with E-state index >= 15 is 0 Å². The fraction of sp³-hybridized carbons (Fsp3) is 0.143. The molecule has 0 saturated carbocycles. The summed E-state index contributed by atoms with van der Waals surface area (Å²) in [5.41, 5.74) is 0.229. The van der Waals surface area contributed by atoms with Crippen LogP contribution in [0.2, 0.25) is 0 Å². The number of amides is 6. The number of para-hydroxylation sites is 1. The highest BCUT2D eigenvalue weighted by Gasteiger charge is 2.49. The quantitative estimate of drug-likeness (QED) is 0.417. The topological polar surface area (TPSA) is 98.3 Å². The fourth-order valence-electron chi connectivity index (χ4n) is 2.31. The number of urea groups is 1. The molecule has 3 rings (SSSR count). The molecule has 0 unspecified atom stereocenters. The van der Waals surface area contributed by atoms with E-state index in [9.17, 15) is 24.0 Å². The molecule has 1 aromatic rings. The second-order valence-corrected chi connectivity index (χ2v) is 5.38. The van der Waals surface area contributed by atoms with Gasteiger partial charge in [0.25, 0.3) is 0 Å². The predicted molar refractivity (Wildman–Crippen MR) is 83.3 cm³/mol. The number of carbonyl (C=O) groups is 5. The normalized spacial score (nSPS) is 18.5. The minimum Gasteiger partial charge on any atom is -0.284 e. The van der Waals surface area contributed by atoms with Crippen molar-refractivity contribution in [3.8, 4) is 0 Å². The molecule has 2 fully saturated rings. The summed E-state index contributed by atoms with van der Waals surface area (Å²) in [5, 5.41) is -0.142. The van der Waals surface area contributed by atoms with Crippen molar-refractivity contribution in [2.75, 3.05) is 18.6 Å². The summed E-state index contributed by atoms with van der Waals surface area (Å²) < 4.78 is 0.